The van der Waals surface area contributed by atoms with Gasteiger partial charge in [-0.05, 0) is 29.8 Å². The molecule has 0 aliphatic carbocycles. The van der Waals surface area contributed by atoms with Crippen molar-refractivity contribution in [2.24, 2.45) is 0 Å². The molecular weight excluding hydrogens is 325 g/mol. The second-order valence-corrected chi connectivity index (χ2v) is 4.88. The minimum Gasteiger partial charge on any atom is -0.267 e. The van der Waals surface area contributed by atoms with Crippen LogP contribution < -0.4 is 0 Å². The summed E-state index contributed by atoms with van der Waals surface area (Å²) in [6.07, 6.45) is -2.54. The highest BCUT2D eigenvalue weighted by Crippen LogP contribution is 2.29. The molecule has 0 saturated carbocycles. The van der Waals surface area contributed by atoms with E-state index in [1.54, 1.807) is 4.68 Å². The van der Waals surface area contributed by atoms with Crippen LogP contribution in [-0.2, 0) is 19.3 Å². The van der Waals surface area contributed by atoms with Crippen LogP contribution in [0.5, 0.6) is 0 Å². The molecule has 19 heavy (non-hydrogen) atoms. The van der Waals surface area contributed by atoms with E-state index < -0.39 is 11.7 Å². The van der Waals surface area contributed by atoms with Crippen LogP contribution in [-0.4, -0.2) is 19.6 Å². The van der Waals surface area contributed by atoms with Crippen molar-refractivity contribution in [2.45, 2.75) is 33.1 Å². The molecule has 2 aromatic rings. The van der Waals surface area contributed by atoms with Gasteiger partial charge in [0.05, 0.1) is 34.2 Å². The summed E-state index contributed by atoms with van der Waals surface area (Å²) in [5.74, 6) is 0. The number of aryl methyl sites for hydroxylation is 2. The largest absolute Gasteiger partial charge is 0.419 e. The first-order valence-electron chi connectivity index (χ1n) is 5.64. The maximum absolute atomic E-state index is 12.5. The zero-order valence-corrected chi connectivity index (χ0v) is 12.0. The van der Waals surface area contributed by atoms with Crippen molar-refractivity contribution in [1.82, 2.24) is 19.6 Å². The van der Waals surface area contributed by atoms with Gasteiger partial charge in [-0.2, -0.15) is 23.4 Å². The van der Waals surface area contributed by atoms with Gasteiger partial charge in [-0.25, -0.2) is 0 Å². The highest BCUT2D eigenvalue weighted by molar-refractivity contribution is 9.10. The summed E-state index contributed by atoms with van der Waals surface area (Å²) in [6, 6.07) is 0. The van der Waals surface area contributed by atoms with Crippen molar-refractivity contribution in [3.8, 4) is 0 Å². The molecule has 0 bridgehead atoms. The minimum atomic E-state index is -4.36. The van der Waals surface area contributed by atoms with Crippen LogP contribution in [0, 0.1) is 6.92 Å². The summed E-state index contributed by atoms with van der Waals surface area (Å²) >= 11 is 3.40. The van der Waals surface area contributed by atoms with Crippen LogP contribution in [0.1, 0.15) is 23.9 Å². The molecule has 2 heterocycles. The smallest absolute Gasteiger partial charge is 0.267 e. The van der Waals surface area contributed by atoms with E-state index in [2.05, 4.69) is 26.1 Å². The second-order valence-electron chi connectivity index (χ2n) is 4.09. The Bertz CT molecular complexity index is 585. The Labute approximate surface area is 116 Å². The third-order valence-electron chi connectivity index (χ3n) is 2.73. The standard InChI is InChI=1S/C11H12BrF3N4/c1-3-19-9(10(12)7(2)17-19)6-18-5-8(4-16-18)11(13,14)15/h4-5H,3,6H2,1-2H3. The molecule has 0 spiro atoms. The fourth-order valence-electron chi connectivity index (χ4n) is 1.77. The number of hydrogen-bond acceptors (Lipinski definition) is 2. The number of nitrogens with zero attached hydrogens (tertiary/aromatic N) is 4. The lowest BCUT2D eigenvalue weighted by molar-refractivity contribution is -0.137. The van der Waals surface area contributed by atoms with Crippen molar-refractivity contribution < 1.29 is 13.2 Å². The van der Waals surface area contributed by atoms with E-state index in [1.165, 1.54) is 4.68 Å². The monoisotopic (exact) mass is 336 g/mol. The second kappa shape index (κ2) is 4.99. The van der Waals surface area contributed by atoms with E-state index in [0.29, 0.717) is 6.54 Å². The van der Waals surface area contributed by atoms with Crippen molar-refractivity contribution in [3.63, 3.8) is 0 Å². The molecule has 0 N–H and O–H groups in total. The van der Waals surface area contributed by atoms with Crippen molar-refractivity contribution in [3.05, 3.63) is 33.8 Å². The Kier molecular flexibility index (Phi) is 3.71. The van der Waals surface area contributed by atoms with E-state index in [4.69, 9.17) is 0 Å². The van der Waals surface area contributed by atoms with Crippen LogP contribution in [0.4, 0.5) is 13.2 Å². The summed E-state index contributed by atoms with van der Waals surface area (Å²) in [5.41, 5.74) is 0.861. The van der Waals surface area contributed by atoms with Gasteiger partial charge in [0, 0.05) is 12.7 Å². The van der Waals surface area contributed by atoms with Crippen LogP contribution in [0.25, 0.3) is 0 Å². The van der Waals surface area contributed by atoms with Gasteiger partial charge in [0.25, 0.3) is 0 Å². The molecule has 2 rings (SSSR count). The molecule has 0 aliphatic rings. The highest BCUT2D eigenvalue weighted by Gasteiger charge is 2.32. The zero-order valence-electron chi connectivity index (χ0n) is 10.4. The first-order chi connectivity index (χ1) is 8.82. The predicted octanol–water partition coefficient (Wildman–Crippen LogP) is 3.24. The summed E-state index contributed by atoms with van der Waals surface area (Å²) in [7, 11) is 0. The maximum atomic E-state index is 12.5. The van der Waals surface area contributed by atoms with Gasteiger partial charge in [-0.1, -0.05) is 0 Å². The molecule has 0 atom stereocenters. The van der Waals surface area contributed by atoms with E-state index in [0.717, 1.165) is 28.3 Å². The third-order valence-corrected chi connectivity index (χ3v) is 3.76. The molecule has 4 nitrogen and oxygen atoms in total. The van der Waals surface area contributed by atoms with Crippen molar-refractivity contribution >= 4 is 15.9 Å². The van der Waals surface area contributed by atoms with E-state index in [9.17, 15) is 13.2 Å². The molecule has 0 amide bonds. The quantitative estimate of drug-likeness (QED) is 0.862. The Morgan fingerprint density at radius 1 is 1.37 bits per heavy atom. The lowest BCUT2D eigenvalue weighted by Crippen LogP contribution is -2.09. The molecule has 8 heteroatoms. The third kappa shape index (κ3) is 2.83. The van der Waals surface area contributed by atoms with Crippen molar-refractivity contribution in [1.29, 1.82) is 0 Å². The number of hydrogen-bond donors (Lipinski definition) is 0. The predicted molar refractivity (Wildman–Crippen MR) is 66.7 cm³/mol. The van der Waals surface area contributed by atoms with Gasteiger partial charge in [0.1, 0.15) is 0 Å². The fourth-order valence-corrected chi connectivity index (χ4v) is 2.18. The van der Waals surface area contributed by atoms with E-state index in [1.807, 2.05) is 13.8 Å². The van der Waals surface area contributed by atoms with Crippen LogP contribution >= 0.6 is 15.9 Å². The average molecular weight is 337 g/mol. The highest BCUT2D eigenvalue weighted by atomic mass is 79.9. The normalized spacial score (nSPS) is 12.1. The van der Waals surface area contributed by atoms with E-state index in [-0.39, 0.29) is 6.54 Å². The molecule has 104 valence electrons. The summed E-state index contributed by atoms with van der Waals surface area (Å²) in [6.45, 7) is 4.65. The summed E-state index contributed by atoms with van der Waals surface area (Å²) < 4.78 is 41.3. The number of aromatic nitrogens is 4. The van der Waals surface area contributed by atoms with Crippen molar-refractivity contribution in [2.75, 3.05) is 0 Å². The minimum absolute atomic E-state index is 0.241. The molecule has 0 saturated heterocycles. The van der Waals surface area contributed by atoms with Gasteiger partial charge in [0.15, 0.2) is 0 Å². The fraction of sp³-hybridized carbons (Fsp3) is 0.455. The van der Waals surface area contributed by atoms with Crippen LogP contribution in [0.2, 0.25) is 0 Å². The topological polar surface area (TPSA) is 35.6 Å². The summed E-state index contributed by atoms with van der Waals surface area (Å²) in [5, 5.41) is 8.03. The molecule has 0 fully saturated rings. The molecule has 0 radical (unpaired) electrons. The molecule has 2 aromatic heterocycles. The first kappa shape index (κ1) is 14.1. The lowest BCUT2D eigenvalue weighted by Gasteiger charge is -2.06. The maximum Gasteiger partial charge on any atom is 0.419 e. The van der Waals surface area contributed by atoms with Gasteiger partial charge < -0.3 is 0 Å². The number of halogens is 4. The van der Waals surface area contributed by atoms with Crippen LogP contribution in [0.15, 0.2) is 16.9 Å². The molecular formula is C11H12BrF3N4. The van der Waals surface area contributed by atoms with Gasteiger partial charge in [-0.15, -0.1) is 0 Å². The zero-order chi connectivity index (χ0) is 14.2. The lowest BCUT2D eigenvalue weighted by atomic mass is 10.3. The SMILES string of the molecule is CCn1nc(C)c(Br)c1Cn1cc(C(F)(F)F)cn1. The average Bonchev–Trinajstić information content (AvgIpc) is 2.89. The molecule has 0 unspecified atom stereocenters. The van der Waals surface area contributed by atoms with Crippen LogP contribution in [0.3, 0.4) is 0 Å². The Morgan fingerprint density at radius 2 is 2.05 bits per heavy atom. The Balaban J connectivity index is 2.29. The van der Waals surface area contributed by atoms with Gasteiger partial charge in [0.2, 0.25) is 0 Å². The van der Waals surface area contributed by atoms with Gasteiger partial charge in [-0.3, -0.25) is 9.36 Å². The van der Waals surface area contributed by atoms with E-state index >= 15 is 0 Å². The number of alkyl halides is 3. The number of rotatable bonds is 3. The van der Waals surface area contributed by atoms with Gasteiger partial charge >= 0.3 is 6.18 Å². The molecule has 0 aliphatic heterocycles. The Morgan fingerprint density at radius 3 is 2.58 bits per heavy atom. The Hall–Kier alpha value is -1.31. The first-order valence-corrected chi connectivity index (χ1v) is 6.43. The summed E-state index contributed by atoms with van der Waals surface area (Å²) in [4.78, 5) is 0. The molecule has 0 aromatic carbocycles.